The van der Waals surface area contributed by atoms with E-state index in [2.05, 4.69) is 16.4 Å². The molecule has 0 atom stereocenters. The number of thioether (sulfide) groups is 1. The van der Waals surface area contributed by atoms with Gasteiger partial charge in [0.15, 0.2) is 5.17 Å². The molecule has 0 saturated carbocycles. The van der Waals surface area contributed by atoms with Crippen LogP contribution in [0.1, 0.15) is 25.0 Å². The number of nitrogens with zero attached hydrogens (tertiary/aromatic N) is 1. The van der Waals surface area contributed by atoms with E-state index in [-0.39, 0.29) is 12.0 Å². The molecule has 1 heterocycles. The number of rotatable bonds is 4. The molecule has 4 nitrogen and oxygen atoms in total. The first-order chi connectivity index (χ1) is 14.0. The molecule has 4 rings (SSSR count). The Balaban J connectivity index is 1.72. The molecule has 29 heavy (non-hydrogen) atoms. The van der Waals surface area contributed by atoms with E-state index in [1.54, 1.807) is 0 Å². The molecule has 5 heteroatoms. The van der Waals surface area contributed by atoms with Crippen molar-refractivity contribution in [3.8, 4) is 5.75 Å². The van der Waals surface area contributed by atoms with E-state index in [9.17, 15) is 4.79 Å². The van der Waals surface area contributed by atoms with Gasteiger partial charge in [0.1, 0.15) is 5.75 Å². The van der Waals surface area contributed by atoms with Gasteiger partial charge < -0.3 is 10.1 Å². The van der Waals surface area contributed by atoms with Crippen molar-refractivity contribution in [1.82, 2.24) is 5.32 Å². The van der Waals surface area contributed by atoms with Crippen LogP contribution in [-0.4, -0.2) is 17.2 Å². The number of amides is 1. The zero-order chi connectivity index (χ0) is 20.4. The summed E-state index contributed by atoms with van der Waals surface area (Å²) in [5, 5.41) is 5.60. The van der Waals surface area contributed by atoms with Crippen LogP contribution in [0, 0.1) is 6.92 Å². The largest absolute Gasteiger partial charge is 0.490 e. The molecular weight excluding hydrogens is 380 g/mol. The lowest BCUT2D eigenvalue weighted by molar-refractivity contribution is -0.115. The van der Waals surface area contributed by atoms with Crippen molar-refractivity contribution in [1.29, 1.82) is 0 Å². The Labute approximate surface area is 174 Å². The Hall–Kier alpha value is -3.05. The smallest absolute Gasteiger partial charge is 0.264 e. The van der Waals surface area contributed by atoms with Crippen LogP contribution in [0.25, 0.3) is 16.8 Å². The Morgan fingerprint density at radius 1 is 1.03 bits per heavy atom. The van der Waals surface area contributed by atoms with Crippen LogP contribution in [0.15, 0.2) is 70.6 Å². The van der Waals surface area contributed by atoms with Gasteiger partial charge in [-0.1, -0.05) is 48.0 Å². The fourth-order valence-electron chi connectivity index (χ4n) is 3.13. The molecule has 0 aromatic heterocycles. The molecule has 1 N–H and O–H groups in total. The van der Waals surface area contributed by atoms with E-state index in [1.165, 1.54) is 17.3 Å². The summed E-state index contributed by atoms with van der Waals surface area (Å²) in [5.41, 5.74) is 2.89. The lowest BCUT2D eigenvalue weighted by Crippen LogP contribution is -2.19. The predicted molar refractivity (Wildman–Crippen MR) is 122 cm³/mol. The molecule has 1 fully saturated rings. The van der Waals surface area contributed by atoms with Crippen LogP contribution in [0.3, 0.4) is 0 Å². The van der Waals surface area contributed by atoms with Crippen LogP contribution in [0.2, 0.25) is 0 Å². The Bertz CT molecular complexity index is 1130. The van der Waals surface area contributed by atoms with Crippen molar-refractivity contribution in [2.24, 2.45) is 4.99 Å². The summed E-state index contributed by atoms with van der Waals surface area (Å²) in [4.78, 5) is 17.7. The summed E-state index contributed by atoms with van der Waals surface area (Å²) in [7, 11) is 0. The number of hydrogen-bond acceptors (Lipinski definition) is 4. The molecule has 0 bridgehead atoms. The first-order valence-electron chi connectivity index (χ1n) is 9.54. The summed E-state index contributed by atoms with van der Waals surface area (Å²) in [6.45, 7) is 6.02. The van der Waals surface area contributed by atoms with E-state index < -0.39 is 0 Å². The van der Waals surface area contributed by atoms with Gasteiger partial charge in [-0.2, -0.15) is 0 Å². The first kappa shape index (κ1) is 19.3. The van der Waals surface area contributed by atoms with Crippen molar-refractivity contribution in [2.45, 2.75) is 26.9 Å². The number of nitrogens with one attached hydrogen (secondary N) is 1. The average Bonchev–Trinajstić information content (AvgIpc) is 3.04. The van der Waals surface area contributed by atoms with E-state index in [4.69, 9.17) is 4.74 Å². The third-order valence-corrected chi connectivity index (χ3v) is 5.39. The minimum absolute atomic E-state index is 0.0389. The van der Waals surface area contributed by atoms with Crippen molar-refractivity contribution in [3.63, 3.8) is 0 Å². The van der Waals surface area contributed by atoms with E-state index >= 15 is 0 Å². The zero-order valence-corrected chi connectivity index (χ0v) is 17.4. The third kappa shape index (κ3) is 4.35. The Morgan fingerprint density at radius 3 is 2.55 bits per heavy atom. The maximum Gasteiger partial charge on any atom is 0.264 e. The van der Waals surface area contributed by atoms with Gasteiger partial charge in [-0.05, 0) is 67.6 Å². The standard InChI is InChI=1S/C24H22N2O2S/c1-15(2)28-21-13-10-17-6-4-5-7-19(17)20(21)14-22-23(27)26-24(29-22)25-18-11-8-16(3)9-12-18/h4-15H,1-3H3,(H,25,26,27). The number of carbonyl (C=O) groups is 1. The second kappa shape index (κ2) is 8.13. The molecule has 0 unspecified atom stereocenters. The number of hydrogen-bond donors (Lipinski definition) is 1. The van der Waals surface area contributed by atoms with Crippen LogP contribution < -0.4 is 10.1 Å². The number of benzene rings is 3. The topological polar surface area (TPSA) is 50.7 Å². The molecule has 0 spiro atoms. The highest BCUT2D eigenvalue weighted by Crippen LogP contribution is 2.35. The van der Waals surface area contributed by atoms with Gasteiger partial charge in [0.2, 0.25) is 0 Å². The zero-order valence-electron chi connectivity index (χ0n) is 16.6. The molecule has 3 aromatic carbocycles. The molecule has 1 aliphatic rings. The van der Waals surface area contributed by atoms with Crippen molar-refractivity contribution in [2.75, 3.05) is 0 Å². The fraction of sp³-hybridized carbons (Fsp3) is 0.167. The highest BCUT2D eigenvalue weighted by atomic mass is 32.2. The van der Waals surface area contributed by atoms with Crippen LogP contribution >= 0.6 is 11.8 Å². The highest BCUT2D eigenvalue weighted by molar-refractivity contribution is 8.18. The normalized spacial score (nSPS) is 16.8. The van der Waals surface area contributed by atoms with Crippen molar-refractivity contribution in [3.05, 3.63) is 76.7 Å². The molecule has 1 saturated heterocycles. The van der Waals surface area contributed by atoms with E-state index in [0.29, 0.717) is 10.1 Å². The lowest BCUT2D eigenvalue weighted by Gasteiger charge is -2.14. The van der Waals surface area contributed by atoms with Crippen LogP contribution in [0.5, 0.6) is 5.75 Å². The predicted octanol–water partition coefficient (Wildman–Crippen LogP) is 5.83. The number of aryl methyl sites for hydroxylation is 1. The monoisotopic (exact) mass is 402 g/mol. The number of fused-ring (bicyclic) bond motifs is 1. The Morgan fingerprint density at radius 2 is 1.79 bits per heavy atom. The highest BCUT2D eigenvalue weighted by Gasteiger charge is 2.25. The van der Waals surface area contributed by atoms with Gasteiger partial charge in [-0.3, -0.25) is 4.79 Å². The number of carbonyl (C=O) groups excluding carboxylic acids is 1. The van der Waals surface area contributed by atoms with Gasteiger partial charge in [0.25, 0.3) is 5.91 Å². The van der Waals surface area contributed by atoms with Gasteiger partial charge in [-0.25, -0.2) is 4.99 Å². The maximum atomic E-state index is 12.6. The molecular formula is C24H22N2O2S. The second-order valence-electron chi connectivity index (χ2n) is 7.18. The molecule has 0 aliphatic carbocycles. The third-order valence-electron chi connectivity index (χ3n) is 4.48. The van der Waals surface area contributed by atoms with Crippen molar-refractivity contribution >= 4 is 45.4 Å². The maximum absolute atomic E-state index is 12.6. The summed E-state index contributed by atoms with van der Waals surface area (Å²) < 4.78 is 6.02. The summed E-state index contributed by atoms with van der Waals surface area (Å²) >= 11 is 1.34. The number of ether oxygens (including phenoxy) is 1. The van der Waals surface area contributed by atoms with E-state index in [0.717, 1.165) is 27.8 Å². The SMILES string of the molecule is Cc1ccc(N=C2NC(=O)C(=Cc3c(OC(C)C)ccc4ccccc34)S2)cc1. The molecule has 3 aromatic rings. The first-order valence-corrected chi connectivity index (χ1v) is 10.4. The summed E-state index contributed by atoms with van der Waals surface area (Å²) in [6.07, 6.45) is 1.94. The minimum atomic E-state index is -0.149. The van der Waals surface area contributed by atoms with Gasteiger partial charge in [-0.15, -0.1) is 0 Å². The van der Waals surface area contributed by atoms with Crippen molar-refractivity contribution < 1.29 is 9.53 Å². The number of amidine groups is 1. The van der Waals surface area contributed by atoms with E-state index in [1.807, 2.05) is 81.4 Å². The average molecular weight is 403 g/mol. The lowest BCUT2D eigenvalue weighted by atomic mass is 10.0. The fourth-order valence-corrected chi connectivity index (χ4v) is 3.95. The minimum Gasteiger partial charge on any atom is -0.490 e. The van der Waals surface area contributed by atoms with Crippen LogP contribution in [-0.2, 0) is 4.79 Å². The van der Waals surface area contributed by atoms with Gasteiger partial charge in [0, 0.05) is 5.56 Å². The number of aliphatic imine (C=N–C) groups is 1. The molecule has 1 aliphatic heterocycles. The molecule has 146 valence electrons. The molecule has 0 radical (unpaired) electrons. The molecule has 1 amide bonds. The van der Waals surface area contributed by atoms with Gasteiger partial charge in [0.05, 0.1) is 16.7 Å². The Kier molecular flexibility index (Phi) is 5.41. The summed E-state index contributed by atoms with van der Waals surface area (Å²) in [5.74, 6) is 0.618. The van der Waals surface area contributed by atoms with Gasteiger partial charge >= 0.3 is 0 Å². The summed E-state index contributed by atoms with van der Waals surface area (Å²) in [6, 6.07) is 20.0. The second-order valence-corrected chi connectivity index (χ2v) is 8.21. The van der Waals surface area contributed by atoms with Crippen LogP contribution in [0.4, 0.5) is 5.69 Å². The quantitative estimate of drug-likeness (QED) is 0.559.